The van der Waals surface area contributed by atoms with E-state index >= 15 is 0 Å². The minimum absolute atomic E-state index is 0. The topological polar surface area (TPSA) is 79.3 Å². The van der Waals surface area contributed by atoms with Crippen molar-refractivity contribution in [1.29, 1.82) is 0 Å². The van der Waals surface area contributed by atoms with E-state index in [1.807, 2.05) is 32.4 Å². The molecule has 0 aliphatic carbocycles. The van der Waals surface area contributed by atoms with Crippen LogP contribution in [-0.2, 0) is 11.8 Å². The number of anilines is 1. The Labute approximate surface area is 165 Å². The van der Waals surface area contributed by atoms with Gasteiger partial charge in [-0.05, 0) is 30.2 Å². The maximum absolute atomic E-state index is 12.9. The van der Waals surface area contributed by atoms with Crippen molar-refractivity contribution in [1.82, 2.24) is 20.0 Å². The van der Waals surface area contributed by atoms with E-state index in [-0.39, 0.29) is 36.1 Å². The molecule has 0 saturated carbocycles. The van der Waals surface area contributed by atoms with Crippen LogP contribution in [0.2, 0.25) is 0 Å². The summed E-state index contributed by atoms with van der Waals surface area (Å²) >= 11 is 0. The van der Waals surface area contributed by atoms with E-state index in [4.69, 9.17) is 0 Å². The second-order valence-electron chi connectivity index (χ2n) is 7.04. The quantitative estimate of drug-likeness (QED) is 0.832. The Morgan fingerprint density at radius 3 is 2.67 bits per heavy atom. The van der Waals surface area contributed by atoms with Crippen LogP contribution in [0.25, 0.3) is 0 Å². The lowest BCUT2D eigenvalue weighted by atomic mass is 9.90. The fourth-order valence-electron chi connectivity index (χ4n) is 3.31. The molecule has 3 rings (SSSR count). The lowest BCUT2D eigenvalue weighted by Gasteiger charge is -2.19. The third-order valence-corrected chi connectivity index (χ3v) is 4.85. The average Bonchev–Trinajstić information content (AvgIpc) is 3.24. The fraction of sp³-hybridized carbons (Fsp3) is 0.421. The van der Waals surface area contributed by atoms with Crippen molar-refractivity contribution < 1.29 is 9.59 Å². The van der Waals surface area contributed by atoms with Gasteiger partial charge in [0.1, 0.15) is 0 Å². The first-order valence-corrected chi connectivity index (χ1v) is 8.69. The Morgan fingerprint density at radius 2 is 2.04 bits per heavy atom. The predicted molar refractivity (Wildman–Crippen MR) is 107 cm³/mol. The number of rotatable bonds is 4. The maximum atomic E-state index is 12.9. The molecule has 1 aliphatic rings. The van der Waals surface area contributed by atoms with Gasteiger partial charge < -0.3 is 15.5 Å². The Bertz CT molecular complexity index is 833. The van der Waals surface area contributed by atoms with E-state index in [1.54, 1.807) is 30.9 Å². The number of carbonyl (C=O) groups excluding carboxylic acids is 2. The summed E-state index contributed by atoms with van der Waals surface area (Å²) in [7, 11) is 5.30. The summed E-state index contributed by atoms with van der Waals surface area (Å²) < 4.78 is 1.75. The number of hydrogen-bond acceptors (Lipinski definition) is 4. The van der Waals surface area contributed by atoms with Gasteiger partial charge in [0.2, 0.25) is 5.91 Å². The molecule has 2 amide bonds. The van der Waals surface area contributed by atoms with E-state index in [1.165, 1.54) is 4.90 Å². The van der Waals surface area contributed by atoms with Gasteiger partial charge in [0.25, 0.3) is 5.91 Å². The summed E-state index contributed by atoms with van der Waals surface area (Å²) in [5, 5.41) is 10.5. The zero-order valence-electron chi connectivity index (χ0n) is 16.0. The number of carbonyl (C=O) groups is 2. The monoisotopic (exact) mass is 391 g/mol. The second-order valence-corrected chi connectivity index (χ2v) is 7.04. The van der Waals surface area contributed by atoms with E-state index in [0.717, 1.165) is 17.7 Å². The number of aryl methyl sites for hydroxylation is 2. The first-order valence-electron chi connectivity index (χ1n) is 8.69. The number of halogens is 1. The van der Waals surface area contributed by atoms with Gasteiger partial charge >= 0.3 is 0 Å². The van der Waals surface area contributed by atoms with Crippen LogP contribution >= 0.6 is 12.4 Å². The van der Waals surface area contributed by atoms with Crippen molar-refractivity contribution in [3.8, 4) is 0 Å². The molecule has 27 heavy (non-hydrogen) atoms. The molecule has 146 valence electrons. The molecule has 0 unspecified atom stereocenters. The van der Waals surface area contributed by atoms with Gasteiger partial charge in [0.05, 0.1) is 12.1 Å². The highest BCUT2D eigenvalue weighted by molar-refractivity contribution is 5.98. The zero-order chi connectivity index (χ0) is 18.8. The van der Waals surface area contributed by atoms with Crippen LogP contribution in [0.5, 0.6) is 0 Å². The van der Waals surface area contributed by atoms with Crippen LogP contribution in [-0.4, -0.2) is 53.7 Å². The largest absolute Gasteiger partial charge is 0.345 e. The SMILES string of the molecule is Cc1ccc(C(=O)N(C)C)cc1NC(=O)[C@H]1CNC[C@@H]1c1cnn(C)c1.Cl. The normalized spacial score (nSPS) is 18.7. The van der Waals surface area contributed by atoms with Crippen molar-refractivity contribution >= 4 is 29.9 Å². The van der Waals surface area contributed by atoms with E-state index < -0.39 is 0 Å². The highest BCUT2D eigenvalue weighted by Gasteiger charge is 2.34. The number of nitrogens with one attached hydrogen (secondary N) is 2. The first kappa shape index (κ1) is 20.9. The molecule has 8 heteroatoms. The Kier molecular flexibility index (Phi) is 6.62. The van der Waals surface area contributed by atoms with Gasteiger partial charge in [-0.3, -0.25) is 14.3 Å². The molecule has 0 spiro atoms. The third kappa shape index (κ3) is 4.48. The minimum Gasteiger partial charge on any atom is -0.345 e. The number of amides is 2. The Morgan fingerprint density at radius 1 is 1.30 bits per heavy atom. The standard InChI is InChI=1S/C19H25N5O2.ClH/c1-12-5-6-13(19(26)23(2)3)7-17(12)22-18(25)16-10-20-9-15(16)14-8-21-24(4)11-14;/h5-8,11,15-16,20H,9-10H2,1-4H3,(H,22,25);1H/t15-,16+;/m1./s1. The van der Waals surface area contributed by atoms with Gasteiger partial charge in [-0.25, -0.2) is 0 Å². The molecule has 1 fully saturated rings. The van der Waals surface area contributed by atoms with Gasteiger partial charge in [-0.15, -0.1) is 12.4 Å². The number of nitrogens with zero attached hydrogens (tertiary/aromatic N) is 3. The molecule has 2 N–H and O–H groups in total. The molecule has 1 aliphatic heterocycles. The highest BCUT2D eigenvalue weighted by Crippen LogP contribution is 2.29. The molecular weight excluding hydrogens is 366 g/mol. The van der Waals surface area contributed by atoms with Crippen molar-refractivity contribution in [3.63, 3.8) is 0 Å². The lowest BCUT2D eigenvalue weighted by molar-refractivity contribution is -0.119. The molecule has 7 nitrogen and oxygen atoms in total. The van der Waals surface area contributed by atoms with E-state index in [9.17, 15) is 9.59 Å². The molecule has 0 bridgehead atoms. The molecular formula is C19H26ClN5O2. The van der Waals surface area contributed by atoms with Gasteiger partial charge in [0.15, 0.2) is 0 Å². The maximum Gasteiger partial charge on any atom is 0.253 e. The van der Waals surface area contributed by atoms with Crippen LogP contribution in [0.15, 0.2) is 30.6 Å². The zero-order valence-corrected chi connectivity index (χ0v) is 16.8. The minimum atomic E-state index is -0.174. The van der Waals surface area contributed by atoms with Crippen molar-refractivity contribution in [3.05, 3.63) is 47.3 Å². The molecule has 2 aromatic rings. The molecule has 1 aromatic carbocycles. The van der Waals surface area contributed by atoms with E-state index in [0.29, 0.717) is 17.8 Å². The van der Waals surface area contributed by atoms with Gasteiger partial charge in [-0.1, -0.05) is 6.07 Å². The summed E-state index contributed by atoms with van der Waals surface area (Å²) in [6.07, 6.45) is 3.78. The summed E-state index contributed by atoms with van der Waals surface area (Å²) in [4.78, 5) is 26.6. The summed E-state index contributed by atoms with van der Waals surface area (Å²) in [5.74, 6) is -0.208. The fourth-order valence-corrected chi connectivity index (χ4v) is 3.31. The Hall–Kier alpha value is -2.38. The van der Waals surface area contributed by atoms with Gasteiger partial charge in [-0.2, -0.15) is 5.10 Å². The number of hydrogen-bond donors (Lipinski definition) is 2. The van der Waals surface area contributed by atoms with Crippen LogP contribution < -0.4 is 10.6 Å². The molecule has 1 saturated heterocycles. The predicted octanol–water partition coefficient (Wildman–Crippen LogP) is 1.79. The number of aromatic nitrogens is 2. The summed E-state index contributed by atoms with van der Waals surface area (Å²) in [6.45, 7) is 3.30. The highest BCUT2D eigenvalue weighted by atomic mass is 35.5. The van der Waals surface area contributed by atoms with Crippen LogP contribution in [0.4, 0.5) is 5.69 Å². The first-order chi connectivity index (χ1) is 12.4. The molecule has 2 atom stereocenters. The van der Waals surface area contributed by atoms with Crippen LogP contribution in [0, 0.1) is 12.8 Å². The summed E-state index contributed by atoms with van der Waals surface area (Å²) in [5.41, 5.74) is 3.23. The second kappa shape index (κ2) is 8.54. The molecule has 1 aromatic heterocycles. The smallest absolute Gasteiger partial charge is 0.253 e. The number of benzene rings is 1. The van der Waals surface area contributed by atoms with E-state index in [2.05, 4.69) is 15.7 Å². The van der Waals surface area contributed by atoms with Crippen molar-refractivity contribution in [2.24, 2.45) is 13.0 Å². The molecule has 2 heterocycles. The summed E-state index contributed by atoms with van der Waals surface area (Å²) in [6, 6.07) is 5.39. The van der Waals surface area contributed by atoms with Crippen LogP contribution in [0.3, 0.4) is 0 Å². The Balaban J connectivity index is 0.00000261. The van der Waals surface area contributed by atoms with Crippen molar-refractivity contribution in [2.75, 3.05) is 32.5 Å². The molecule has 0 radical (unpaired) electrons. The average molecular weight is 392 g/mol. The lowest BCUT2D eigenvalue weighted by Crippen LogP contribution is -2.28. The van der Waals surface area contributed by atoms with Crippen molar-refractivity contribution in [2.45, 2.75) is 12.8 Å². The van der Waals surface area contributed by atoms with Crippen LogP contribution in [0.1, 0.15) is 27.4 Å². The third-order valence-electron chi connectivity index (χ3n) is 4.85. The van der Waals surface area contributed by atoms with Gasteiger partial charge in [0, 0.05) is 57.6 Å².